The zero-order valence-electron chi connectivity index (χ0n) is 11.8. The van der Waals surface area contributed by atoms with Crippen molar-refractivity contribution in [2.75, 3.05) is 26.2 Å². The summed E-state index contributed by atoms with van der Waals surface area (Å²) in [5.74, 6) is 0. The molecule has 4 heteroatoms. The number of rotatable bonds is 7. The predicted molar refractivity (Wildman–Crippen MR) is 74.6 cm³/mol. The average molecular weight is 250 g/mol. The minimum absolute atomic E-state index is 0.955. The van der Waals surface area contributed by atoms with E-state index >= 15 is 0 Å². The van der Waals surface area contributed by atoms with Crippen molar-refractivity contribution in [3.8, 4) is 0 Å². The summed E-state index contributed by atoms with van der Waals surface area (Å²) >= 11 is 0. The Hall–Kier alpha value is -0.870. The van der Waals surface area contributed by atoms with Crippen molar-refractivity contribution in [1.29, 1.82) is 0 Å². The molecule has 0 saturated carbocycles. The van der Waals surface area contributed by atoms with Crippen LogP contribution in [0.3, 0.4) is 0 Å². The summed E-state index contributed by atoms with van der Waals surface area (Å²) in [7, 11) is 2.00. The first-order valence-electron chi connectivity index (χ1n) is 7.24. The van der Waals surface area contributed by atoms with E-state index in [1.165, 1.54) is 50.2 Å². The molecule has 0 bridgehead atoms. The molecule has 0 unspecified atom stereocenters. The zero-order valence-corrected chi connectivity index (χ0v) is 11.8. The minimum atomic E-state index is 0.955. The van der Waals surface area contributed by atoms with Crippen molar-refractivity contribution in [2.45, 2.75) is 39.2 Å². The SMILES string of the molecule is CCc1nn(C)cc1CNCCCN1CCCC1. The molecule has 1 aromatic rings. The predicted octanol–water partition coefficient (Wildman–Crippen LogP) is 1.56. The highest BCUT2D eigenvalue weighted by Crippen LogP contribution is 2.08. The Balaban J connectivity index is 1.62. The van der Waals surface area contributed by atoms with Crippen LogP contribution in [-0.4, -0.2) is 40.9 Å². The number of nitrogens with zero attached hydrogens (tertiary/aromatic N) is 3. The monoisotopic (exact) mass is 250 g/mol. The molecule has 0 aromatic carbocycles. The molecular formula is C14H26N4. The summed E-state index contributed by atoms with van der Waals surface area (Å²) < 4.78 is 1.92. The molecule has 0 aliphatic carbocycles. The fraction of sp³-hybridized carbons (Fsp3) is 0.786. The molecule has 102 valence electrons. The van der Waals surface area contributed by atoms with Gasteiger partial charge in [-0.3, -0.25) is 4.68 Å². The molecule has 0 radical (unpaired) electrons. The van der Waals surface area contributed by atoms with Gasteiger partial charge in [-0.25, -0.2) is 0 Å². The molecule has 2 heterocycles. The lowest BCUT2D eigenvalue weighted by molar-refractivity contribution is 0.331. The molecule has 1 N–H and O–H groups in total. The van der Waals surface area contributed by atoms with Gasteiger partial charge in [0.05, 0.1) is 5.69 Å². The van der Waals surface area contributed by atoms with E-state index in [4.69, 9.17) is 0 Å². The van der Waals surface area contributed by atoms with Gasteiger partial charge in [-0.15, -0.1) is 0 Å². The molecule has 0 spiro atoms. The van der Waals surface area contributed by atoms with Crippen LogP contribution >= 0.6 is 0 Å². The minimum Gasteiger partial charge on any atom is -0.312 e. The highest BCUT2D eigenvalue weighted by atomic mass is 15.3. The van der Waals surface area contributed by atoms with Gasteiger partial charge in [-0.05, 0) is 51.9 Å². The third kappa shape index (κ3) is 3.82. The third-order valence-electron chi connectivity index (χ3n) is 3.67. The summed E-state index contributed by atoms with van der Waals surface area (Å²) in [5, 5.41) is 7.99. The maximum Gasteiger partial charge on any atom is 0.0666 e. The van der Waals surface area contributed by atoms with Crippen molar-refractivity contribution in [1.82, 2.24) is 20.0 Å². The Labute approximate surface area is 110 Å². The molecule has 0 amide bonds. The maximum atomic E-state index is 4.46. The van der Waals surface area contributed by atoms with Gasteiger partial charge in [0.2, 0.25) is 0 Å². The van der Waals surface area contributed by atoms with Crippen LogP contribution in [0.2, 0.25) is 0 Å². The molecule has 1 aliphatic heterocycles. The zero-order chi connectivity index (χ0) is 12.8. The van der Waals surface area contributed by atoms with Crippen molar-refractivity contribution in [2.24, 2.45) is 7.05 Å². The van der Waals surface area contributed by atoms with Gasteiger partial charge in [0.15, 0.2) is 0 Å². The molecular weight excluding hydrogens is 224 g/mol. The molecule has 1 fully saturated rings. The highest BCUT2D eigenvalue weighted by Gasteiger charge is 2.10. The second-order valence-electron chi connectivity index (χ2n) is 5.21. The van der Waals surface area contributed by atoms with Gasteiger partial charge in [0, 0.05) is 25.4 Å². The molecule has 18 heavy (non-hydrogen) atoms. The van der Waals surface area contributed by atoms with Crippen LogP contribution in [0.25, 0.3) is 0 Å². The number of aromatic nitrogens is 2. The summed E-state index contributed by atoms with van der Waals surface area (Å²) in [6.45, 7) is 8.09. The highest BCUT2D eigenvalue weighted by molar-refractivity contribution is 5.16. The molecule has 0 atom stereocenters. The first-order chi connectivity index (χ1) is 8.79. The van der Waals surface area contributed by atoms with Crippen LogP contribution in [0.5, 0.6) is 0 Å². The molecule has 1 aliphatic rings. The van der Waals surface area contributed by atoms with Gasteiger partial charge >= 0.3 is 0 Å². The van der Waals surface area contributed by atoms with E-state index in [1.54, 1.807) is 0 Å². The van der Waals surface area contributed by atoms with Crippen LogP contribution in [0.1, 0.15) is 37.4 Å². The van der Waals surface area contributed by atoms with Gasteiger partial charge in [0.1, 0.15) is 0 Å². The Morgan fingerprint density at radius 2 is 2.11 bits per heavy atom. The van der Waals surface area contributed by atoms with Crippen molar-refractivity contribution in [3.05, 3.63) is 17.5 Å². The molecule has 4 nitrogen and oxygen atoms in total. The van der Waals surface area contributed by atoms with E-state index in [2.05, 4.69) is 28.4 Å². The van der Waals surface area contributed by atoms with Crippen LogP contribution in [-0.2, 0) is 20.0 Å². The van der Waals surface area contributed by atoms with Crippen LogP contribution < -0.4 is 5.32 Å². The number of likely N-dealkylation sites (tertiary alicyclic amines) is 1. The van der Waals surface area contributed by atoms with E-state index in [0.717, 1.165) is 19.5 Å². The van der Waals surface area contributed by atoms with E-state index < -0.39 is 0 Å². The average Bonchev–Trinajstić information content (AvgIpc) is 2.98. The Morgan fingerprint density at radius 3 is 2.83 bits per heavy atom. The Morgan fingerprint density at radius 1 is 1.33 bits per heavy atom. The number of hydrogen-bond donors (Lipinski definition) is 1. The largest absolute Gasteiger partial charge is 0.312 e. The Bertz CT molecular complexity index is 353. The first kappa shape index (κ1) is 13.6. The third-order valence-corrected chi connectivity index (χ3v) is 3.67. The van der Waals surface area contributed by atoms with E-state index in [1.807, 2.05) is 11.7 Å². The van der Waals surface area contributed by atoms with Crippen LogP contribution in [0.4, 0.5) is 0 Å². The second-order valence-corrected chi connectivity index (χ2v) is 5.21. The molecule has 1 aromatic heterocycles. The van der Waals surface area contributed by atoms with E-state index in [9.17, 15) is 0 Å². The Kier molecular flexibility index (Phi) is 5.20. The first-order valence-corrected chi connectivity index (χ1v) is 7.24. The molecule has 2 rings (SSSR count). The summed E-state index contributed by atoms with van der Waals surface area (Å²) in [6, 6.07) is 0. The lowest BCUT2D eigenvalue weighted by atomic mass is 10.2. The van der Waals surface area contributed by atoms with Crippen molar-refractivity contribution in [3.63, 3.8) is 0 Å². The quantitative estimate of drug-likeness (QED) is 0.746. The lowest BCUT2D eigenvalue weighted by Crippen LogP contribution is -2.24. The van der Waals surface area contributed by atoms with Crippen LogP contribution in [0.15, 0.2) is 6.20 Å². The fourth-order valence-electron chi connectivity index (χ4n) is 2.69. The summed E-state index contributed by atoms with van der Waals surface area (Å²) in [4.78, 5) is 2.57. The van der Waals surface area contributed by atoms with E-state index in [0.29, 0.717) is 0 Å². The smallest absolute Gasteiger partial charge is 0.0666 e. The normalized spacial score (nSPS) is 16.6. The lowest BCUT2D eigenvalue weighted by Gasteiger charge is -2.14. The van der Waals surface area contributed by atoms with Crippen molar-refractivity contribution >= 4 is 0 Å². The summed E-state index contributed by atoms with van der Waals surface area (Å²) in [5.41, 5.74) is 2.57. The van der Waals surface area contributed by atoms with Crippen LogP contribution in [0, 0.1) is 0 Å². The number of hydrogen-bond acceptors (Lipinski definition) is 3. The molecule has 1 saturated heterocycles. The number of nitrogens with one attached hydrogen (secondary N) is 1. The van der Waals surface area contributed by atoms with Gasteiger partial charge in [-0.2, -0.15) is 5.10 Å². The fourth-order valence-corrected chi connectivity index (χ4v) is 2.69. The number of aryl methyl sites for hydroxylation is 2. The standard InChI is InChI=1S/C14H26N4/c1-3-14-13(12-17(2)16-14)11-15-7-6-10-18-8-4-5-9-18/h12,15H,3-11H2,1-2H3. The topological polar surface area (TPSA) is 33.1 Å². The summed E-state index contributed by atoms with van der Waals surface area (Å²) in [6.07, 6.45) is 7.19. The second kappa shape index (κ2) is 6.90. The van der Waals surface area contributed by atoms with Crippen molar-refractivity contribution < 1.29 is 0 Å². The maximum absolute atomic E-state index is 4.46. The van der Waals surface area contributed by atoms with Gasteiger partial charge in [0.25, 0.3) is 0 Å². The van der Waals surface area contributed by atoms with E-state index in [-0.39, 0.29) is 0 Å². The van der Waals surface area contributed by atoms with Gasteiger partial charge < -0.3 is 10.2 Å². The van der Waals surface area contributed by atoms with Gasteiger partial charge in [-0.1, -0.05) is 6.92 Å².